The Morgan fingerprint density at radius 3 is 2.38 bits per heavy atom. The molecule has 4 rings (SSSR count). The van der Waals surface area contributed by atoms with E-state index < -0.39 is 51.9 Å². The molecule has 6 heteroatoms. The van der Waals surface area contributed by atoms with Gasteiger partial charge in [-0.3, -0.25) is 0 Å². The van der Waals surface area contributed by atoms with Crippen LogP contribution in [-0.4, -0.2) is 61.8 Å². The Kier molecular flexibility index (Phi) is 3.57. The summed E-state index contributed by atoms with van der Waals surface area (Å²) in [5.74, 6) is -2.78. The molecular weight excluding hydrogens is 336 g/mol. The van der Waals surface area contributed by atoms with Crippen LogP contribution in [0.5, 0.6) is 0 Å². The molecule has 5 N–H and O–H groups in total. The van der Waals surface area contributed by atoms with Gasteiger partial charge in [-0.2, -0.15) is 0 Å². The van der Waals surface area contributed by atoms with Crippen LogP contribution in [0.1, 0.15) is 40.0 Å². The number of ether oxygens (including phenoxy) is 1. The predicted molar refractivity (Wildman–Crippen MR) is 93.8 cm³/mol. The van der Waals surface area contributed by atoms with Gasteiger partial charge in [-0.25, -0.2) is 0 Å². The fraction of sp³-hybridized carbons (Fsp3) is 0.800. The van der Waals surface area contributed by atoms with Gasteiger partial charge in [0.15, 0.2) is 5.79 Å². The van der Waals surface area contributed by atoms with E-state index >= 15 is 0 Å². The maximum Gasteiger partial charge on any atom is 0.200 e. The summed E-state index contributed by atoms with van der Waals surface area (Å²) in [4.78, 5) is 0. The molecule has 0 amide bonds. The van der Waals surface area contributed by atoms with Gasteiger partial charge in [0, 0.05) is 17.8 Å². The quantitative estimate of drug-likeness (QED) is 0.432. The molecule has 0 spiro atoms. The topological polar surface area (TPSA) is 110 Å². The van der Waals surface area contributed by atoms with E-state index in [0.29, 0.717) is 18.4 Å². The third-order valence-corrected chi connectivity index (χ3v) is 8.03. The summed E-state index contributed by atoms with van der Waals surface area (Å²) in [5.41, 5.74) is -3.67. The lowest BCUT2D eigenvalue weighted by Gasteiger charge is -2.66. The lowest BCUT2D eigenvalue weighted by molar-refractivity contribution is -0.314. The summed E-state index contributed by atoms with van der Waals surface area (Å²) in [7, 11) is 0. The molecule has 1 heterocycles. The van der Waals surface area contributed by atoms with E-state index in [1.165, 1.54) is 0 Å². The minimum Gasteiger partial charge on any atom is -0.392 e. The molecule has 6 nitrogen and oxygen atoms in total. The van der Waals surface area contributed by atoms with E-state index in [1.807, 2.05) is 6.92 Å². The van der Waals surface area contributed by atoms with Crippen molar-refractivity contribution in [2.75, 3.05) is 6.61 Å². The Labute approximate surface area is 153 Å². The van der Waals surface area contributed by atoms with Gasteiger partial charge in [-0.05, 0) is 23.8 Å². The number of allylic oxidation sites excluding steroid dienone is 2. The second-order valence-electron chi connectivity index (χ2n) is 9.68. The zero-order valence-corrected chi connectivity index (χ0v) is 15.6. The summed E-state index contributed by atoms with van der Waals surface area (Å²) in [6, 6.07) is 0. The molecule has 2 bridgehead atoms. The molecule has 8 unspecified atom stereocenters. The maximum atomic E-state index is 11.9. The van der Waals surface area contributed by atoms with E-state index in [1.54, 1.807) is 26.0 Å². The first-order valence-electron chi connectivity index (χ1n) is 9.39. The highest BCUT2D eigenvalue weighted by Gasteiger charge is 2.81. The van der Waals surface area contributed by atoms with Crippen LogP contribution in [0.4, 0.5) is 0 Å². The first-order chi connectivity index (χ1) is 11.9. The predicted octanol–water partition coefficient (Wildman–Crippen LogP) is 0.478. The maximum absolute atomic E-state index is 11.9. The molecule has 2 saturated carbocycles. The van der Waals surface area contributed by atoms with Crippen LogP contribution in [0.2, 0.25) is 0 Å². The first-order valence-corrected chi connectivity index (χ1v) is 9.39. The van der Waals surface area contributed by atoms with Gasteiger partial charge in [-0.15, -0.1) is 6.58 Å². The zero-order chi connectivity index (χ0) is 19.3. The Morgan fingerprint density at radius 1 is 1.12 bits per heavy atom. The Hall–Kier alpha value is -0.760. The average molecular weight is 366 g/mol. The van der Waals surface area contributed by atoms with E-state index in [2.05, 4.69) is 6.58 Å². The van der Waals surface area contributed by atoms with Gasteiger partial charge in [0.05, 0.1) is 29.8 Å². The lowest BCUT2D eigenvalue weighted by Crippen LogP contribution is -2.76. The van der Waals surface area contributed by atoms with Crippen molar-refractivity contribution in [2.24, 2.45) is 22.2 Å². The zero-order valence-electron chi connectivity index (χ0n) is 15.6. The minimum atomic E-state index is -1.97. The summed E-state index contributed by atoms with van der Waals surface area (Å²) >= 11 is 0. The third-order valence-electron chi connectivity index (χ3n) is 8.03. The number of hydrogen-bond acceptors (Lipinski definition) is 6. The van der Waals surface area contributed by atoms with Crippen LogP contribution >= 0.6 is 0 Å². The van der Waals surface area contributed by atoms with Crippen LogP contribution in [0.3, 0.4) is 0 Å². The highest BCUT2D eigenvalue weighted by atomic mass is 16.6. The summed E-state index contributed by atoms with van der Waals surface area (Å²) < 4.78 is 5.74. The Bertz CT molecular complexity index is 688. The van der Waals surface area contributed by atoms with Gasteiger partial charge in [0.25, 0.3) is 0 Å². The molecule has 3 aliphatic carbocycles. The second-order valence-corrected chi connectivity index (χ2v) is 9.68. The van der Waals surface area contributed by atoms with Crippen molar-refractivity contribution < 1.29 is 30.3 Å². The number of hydrogen-bond donors (Lipinski definition) is 5. The summed E-state index contributed by atoms with van der Waals surface area (Å²) in [6.07, 6.45) is 1.18. The standard InChI is InChI=1S/C20H30O6/c1-5-17(4)6-7-19(24)11(9-17)14(23)20(25)15-16(2,3)12(21)8-13(22)18(15,19)10-26-20/h5,9,12-15,21-25H,1,6-8,10H2,2-4H3. The van der Waals surface area contributed by atoms with Gasteiger partial charge < -0.3 is 30.3 Å². The molecule has 1 saturated heterocycles. The second kappa shape index (κ2) is 4.99. The van der Waals surface area contributed by atoms with Crippen molar-refractivity contribution in [1.82, 2.24) is 0 Å². The molecular formula is C20H30O6. The van der Waals surface area contributed by atoms with E-state index in [0.717, 1.165) is 0 Å². The largest absolute Gasteiger partial charge is 0.392 e. The van der Waals surface area contributed by atoms with E-state index in [-0.39, 0.29) is 13.0 Å². The van der Waals surface area contributed by atoms with Crippen molar-refractivity contribution in [2.45, 2.75) is 69.7 Å². The molecule has 0 aromatic carbocycles. The number of aliphatic hydroxyl groups excluding tert-OH is 3. The van der Waals surface area contributed by atoms with Crippen molar-refractivity contribution in [3.63, 3.8) is 0 Å². The highest BCUT2D eigenvalue weighted by molar-refractivity contribution is 5.43. The number of rotatable bonds is 1. The molecule has 26 heavy (non-hydrogen) atoms. The van der Waals surface area contributed by atoms with Crippen LogP contribution < -0.4 is 0 Å². The molecule has 8 atom stereocenters. The molecule has 146 valence electrons. The number of aliphatic hydroxyl groups is 5. The van der Waals surface area contributed by atoms with Crippen LogP contribution in [-0.2, 0) is 4.74 Å². The van der Waals surface area contributed by atoms with Gasteiger partial charge in [0.1, 0.15) is 6.10 Å². The average Bonchev–Trinajstić information content (AvgIpc) is 2.89. The molecule has 0 radical (unpaired) electrons. The van der Waals surface area contributed by atoms with Crippen LogP contribution in [0.25, 0.3) is 0 Å². The molecule has 1 aliphatic heterocycles. The van der Waals surface area contributed by atoms with Crippen molar-refractivity contribution >= 4 is 0 Å². The lowest BCUT2D eigenvalue weighted by atomic mass is 9.41. The number of fused-ring (bicyclic) bond motifs is 1. The fourth-order valence-corrected chi connectivity index (χ4v) is 6.38. The van der Waals surface area contributed by atoms with Crippen LogP contribution in [0, 0.1) is 22.2 Å². The summed E-state index contributed by atoms with van der Waals surface area (Å²) in [5, 5.41) is 56.0. The third kappa shape index (κ3) is 1.79. The van der Waals surface area contributed by atoms with Crippen LogP contribution in [0.15, 0.2) is 24.3 Å². The van der Waals surface area contributed by atoms with Gasteiger partial charge >= 0.3 is 0 Å². The van der Waals surface area contributed by atoms with Crippen molar-refractivity contribution in [3.8, 4) is 0 Å². The SMILES string of the molecule is C=CC1(C)C=C2C(O)C3(O)OCC4(C(O)CC(O)C(C)(C)C34)C2(O)CC1. The highest BCUT2D eigenvalue weighted by Crippen LogP contribution is 2.71. The molecule has 0 aromatic heterocycles. The minimum absolute atomic E-state index is 0.0683. The van der Waals surface area contributed by atoms with Gasteiger partial charge in [-0.1, -0.05) is 32.9 Å². The fourth-order valence-electron chi connectivity index (χ4n) is 6.38. The van der Waals surface area contributed by atoms with E-state index in [4.69, 9.17) is 4.74 Å². The first kappa shape index (κ1) is 18.6. The monoisotopic (exact) mass is 366 g/mol. The normalized spacial score (nSPS) is 57.8. The summed E-state index contributed by atoms with van der Waals surface area (Å²) in [6.45, 7) is 9.34. The molecule has 0 aromatic rings. The van der Waals surface area contributed by atoms with Gasteiger partial charge in [0.2, 0.25) is 0 Å². The van der Waals surface area contributed by atoms with Crippen molar-refractivity contribution in [3.05, 3.63) is 24.3 Å². The Morgan fingerprint density at radius 2 is 1.77 bits per heavy atom. The van der Waals surface area contributed by atoms with Crippen molar-refractivity contribution in [1.29, 1.82) is 0 Å². The van der Waals surface area contributed by atoms with E-state index in [9.17, 15) is 25.5 Å². The molecule has 4 aliphatic rings. The Balaban J connectivity index is 2.00. The molecule has 3 fully saturated rings. The smallest absolute Gasteiger partial charge is 0.200 e.